The molecule has 1 atom stereocenters. The Morgan fingerprint density at radius 3 is 2.81 bits per heavy atom. The second-order valence-electron chi connectivity index (χ2n) is 5.86. The number of nitrogens with zero attached hydrogens (tertiary/aromatic N) is 1. The first-order valence-corrected chi connectivity index (χ1v) is 9.68. The summed E-state index contributed by atoms with van der Waals surface area (Å²) in [6.45, 7) is 3.66. The Balaban J connectivity index is 1.84. The zero-order chi connectivity index (χ0) is 15.0. The van der Waals surface area contributed by atoms with Gasteiger partial charge >= 0.3 is 0 Å². The normalized spacial score (nSPS) is 23.1. The molecule has 1 aromatic rings. The van der Waals surface area contributed by atoms with Crippen LogP contribution >= 0.6 is 11.3 Å². The van der Waals surface area contributed by atoms with Gasteiger partial charge in [-0.1, -0.05) is 0 Å². The Kier molecular flexibility index (Phi) is 4.38. The van der Waals surface area contributed by atoms with E-state index in [-0.39, 0.29) is 6.04 Å². The predicted molar refractivity (Wildman–Crippen MR) is 83.1 cm³/mol. The zero-order valence-corrected chi connectivity index (χ0v) is 14.1. The number of hydrogen-bond donors (Lipinski definition) is 1. The molecule has 5 nitrogen and oxygen atoms in total. The summed E-state index contributed by atoms with van der Waals surface area (Å²) in [7, 11) is -1.77. The van der Waals surface area contributed by atoms with Gasteiger partial charge < -0.3 is 10.1 Å². The monoisotopic (exact) mass is 330 g/mol. The molecule has 1 aliphatic heterocycles. The zero-order valence-electron chi connectivity index (χ0n) is 12.5. The summed E-state index contributed by atoms with van der Waals surface area (Å²) in [6, 6.07) is 0.530. The average molecular weight is 330 g/mol. The lowest BCUT2D eigenvalue weighted by Crippen LogP contribution is -2.38. The Morgan fingerprint density at radius 1 is 1.43 bits per heavy atom. The van der Waals surface area contributed by atoms with Crippen LogP contribution in [0.2, 0.25) is 0 Å². The van der Waals surface area contributed by atoms with E-state index in [9.17, 15) is 8.42 Å². The highest BCUT2D eigenvalue weighted by atomic mass is 32.2. The minimum absolute atomic E-state index is 0.0430. The number of hydrogen-bond acceptors (Lipinski definition) is 5. The number of thiophene rings is 1. The summed E-state index contributed by atoms with van der Waals surface area (Å²) in [6.07, 6.45) is 3.17. The van der Waals surface area contributed by atoms with Crippen LogP contribution in [0.25, 0.3) is 0 Å². The lowest BCUT2D eigenvalue weighted by atomic mass is 10.3. The average Bonchev–Trinajstić information content (AvgIpc) is 2.97. The van der Waals surface area contributed by atoms with E-state index in [2.05, 4.69) is 5.32 Å². The maximum atomic E-state index is 12.9. The second-order valence-corrected chi connectivity index (χ2v) is 8.76. The molecular weight excluding hydrogens is 308 g/mol. The Labute approximate surface area is 130 Å². The molecule has 1 saturated carbocycles. The summed E-state index contributed by atoms with van der Waals surface area (Å²) in [4.78, 5) is 1.42. The fourth-order valence-corrected chi connectivity index (χ4v) is 5.71. The molecule has 118 valence electrons. The van der Waals surface area contributed by atoms with Crippen molar-refractivity contribution in [2.45, 2.75) is 49.7 Å². The van der Waals surface area contributed by atoms with Crippen molar-refractivity contribution in [3.8, 4) is 0 Å². The van der Waals surface area contributed by atoms with E-state index in [0.29, 0.717) is 30.7 Å². The van der Waals surface area contributed by atoms with E-state index < -0.39 is 10.0 Å². The van der Waals surface area contributed by atoms with Gasteiger partial charge in [0.1, 0.15) is 4.90 Å². The SMILES string of the molecule is Cc1csc(CNC2CC2)c1S(=O)(=O)N(C)C1CCOC1. The van der Waals surface area contributed by atoms with E-state index in [1.54, 1.807) is 7.05 Å². The molecule has 1 unspecified atom stereocenters. The predicted octanol–water partition coefficient (Wildman–Crippen LogP) is 1.72. The Bertz CT molecular complexity index is 602. The van der Waals surface area contributed by atoms with Crippen molar-refractivity contribution >= 4 is 21.4 Å². The molecule has 1 saturated heterocycles. The highest BCUT2D eigenvalue weighted by Crippen LogP contribution is 2.31. The molecular formula is C14H22N2O3S2. The van der Waals surface area contributed by atoms with Crippen LogP contribution in [-0.2, 0) is 21.3 Å². The molecule has 0 radical (unpaired) electrons. The molecule has 1 aromatic heterocycles. The quantitative estimate of drug-likeness (QED) is 0.863. The first kappa shape index (κ1) is 15.4. The van der Waals surface area contributed by atoms with Crippen LogP contribution < -0.4 is 5.32 Å². The number of likely N-dealkylation sites (N-methyl/N-ethyl adjacent to an activating group) is 1. The van der Waals surface area contributed by atoms with Gasteiger partial charge in [-0.05, 0) is 37.1 Å². The lowest BCUT2D eigenvalue weighted by molar-refractivity contribution is 0.181. The maximum Gasteiger partial charge on any atom is 0.244 e. The van der Waals surface area contributed by atoms with Crippen molar-refractivity contribution in [1.82, 2.24) is 9.62 Å². The van der Waals surface area contributed by atoms with Gasteiger partial charge in [0.25, 0.3) is 0 Å². The fraction of sp³-hybridized carbons (Fsp3) is 0.714. The number of rotatable bonds is 6. The molecule has 0 aromatic carbocycles. The van der Waals surface area contributed by atoms with Crippen LogP contribution in [0.3, 0.4) is 0 Å². The maximum absolute atomic E-state index is 12.9. The minimum Gasteiger partial charge on any atom is -0.380 e. The van der Waals surface area contributed by atoms with Crippen LogP contribution in [0.1, 0.15) is 29.7 Å². The Morgan fingerprint density at radius 2 is 2.19 bits per heavy atom. The highest BCUT2D eigenvalue weighted by molar-refractivity contribution is 7.89. The Hall–Kier alpha value is -0.470. The minimum atomic E-state index is -3.44. The number of nitrogens with one attached hydrogen (secondary N) is 1. The molecule has 2 fully saturated rings. The van der Waals surface area contributed by atoms with E-state index >= 15 is 0 Å². The number of ether oxygens (including phenoxy) is 1. The number of sulfonamides is 1. The summed E-state index contributed by atoms with van der Waals surface area (Å²) >= 11 is 1.53. The van der Waals surface area contributed by atoms with E-state index in [1.807, 2.05) is 12.3 Å². The van der Waals surface area contributed by atoms with Gasteiger partial charge in [-0.2, -0.15) is 4.31 Å². The summed E-state index contributed by atoms with van der Waals surface area (Å²) in [5.41, 5.74) is 0.846. The summed E-state index contributed by atoms with van der Waals surface area (Å²) < 4.78 is 32.7. The third-order valence-electron chi connectivity index (χ3n) is 4.17. The van der Waals surface area contributed by atoms with Crippen molar-refractivity contribution in [3.05, 3.63) is 15.8 Å². The largest absolute Gasteiger partial charge is 0.380 e. The molecule has 0 bridgehead atoms. The van der Waals surface area contributed by atoms with Gasteiger partial charge in [-0.25, -0.2) is 8.42 Å². The first-order chi connectivity index (χ1) is 10.00. The lowest BCUT2D eigenvalue weighted by Gasteiger charge is -2.23. The van der Waals surface area contributed by atoms with Gasteiger partial charge in [-0.15, -0.1) is 11.3 Å². The van der Waals surface area contributed by atoms with Crippen molar-refractivity contribution < 1.29 is 13.2 Å². The summed E-state index contributed by atoms with van der Waals surface area (Å²) in [5.74, 6) is 0. The van der Waals surface area contributed by atoms with Crippen LogP contribution in [-0.4, -0.2) is 45.1 Å². The van der Waals surface area contributed by atoms with Crippen molar-refractivity contribution in [2.24, 2.45) is 0 Å². The number of aryl methyl sites for hydroxylation is 1. The van der Waals surface area contributed by atoms with E-state index in [1.165, 1.54) is 28.5 Å². The van der Waals surface area contributed by atoms with Crippen molar-refractivity contribution in [3.63, 3.8) is 0 Å². The third-order valence-corrected chi connectivity index (χ3v) is 7.55. The fourth-order valence-electron chi connectivity index (χ4n) is 2.63. The molecule has 7 heteroatoms. The summed E-state index contributed by atoms with van der Waals surface area (Å²) in [5, 5.41) is 5.35. The van der Waals surface area contributed by atoms with Gasteiger partial charge in [-0.3, -0.25) is 0 Å². The molecule has 2 heterocycles. The van der Waals surface area contributed by atoms with E-state index in [4.69, 9.17) is 4.74 Å². The molecule has 21 heavy (non-hydrogen) atoms. The van der Waals surface area contributed by atoms with Crippen molar-refractivity contribution in [1.29, 1.82) is 0 Å². The van der Waals surface area contributed by atoms with Gasteiger partial charge in [0.2, 0.25) is 10.0 Å². The topological polar surface area (TPSA) is 58.6 Å². The van der Waals surface area contributed by atoms with Gasteiger partial charge in [0, 0.05) is 31.1 Å². The van der Waals surface area contributed by atoms with Crippen LogP contribution in [0, 0.1) is 6.92 Å². The van der Waals surface area contributed by atoms with Crippen molar-refractivity contribution in [2.75, 3.05) is 20.3 Å². The molecule has 0 amide bonds. The van der Waals surface area contributed by atoms with E-state index in [0.717, 1.165) is 16.9 Å². The molecule has 1 aliphatic carbocycles. The highest BCUT2D eigenvalue weighted by Gasteiger charge is 2.34. The molecule has 1 N–H and O–H groups in total. The van der Waals surface area contributed by atoms with Gasteiger partial charge in [0.05, 0.1) is 12.6 Å². The van der Waals surface area contributed by atoms with Gasteiger partial charge in [0.15, 0.2) is 0 Å². The molecule has 2 aliphatic rings. The third kappa shape index (κ3) is 3.17. The second kappa shape index (κ2) is 5.96. The van der Waals surface area contributed by atoms with Crippen LogP contribution in [0.15, 0.2) is 10.3 Å². The molecule has 3 rings (SSSR count). The first-order valence-electron chi connectivity index (χ1n) is 7.36. The molecule has 0 spiro atoms. The van der Waals surface area contributed by atoms with Crippen LogP contribution in [0.5, 0.6) is 0 Å². The van der Waals surface area contributed by atoms with Crippen LogP contribution in [0.4, 0.5) is 0 Å². The smallest absolute Gasteiger partial charge is 0.244 e. The standard InChI is InChI=1S/C14H22N2O3S2/c1-10-9-20-13(7-15-11-3-4-11)14(10)21(17,18)16(2)12-5-6-19-8-12/h9,11-12,15H,3-8H2,1-2H3.